The van der Waals surface area contributed by atoms with Gasteiger partial charge in [-0.25, -0.2) is 0 Å². The second-order valence-corrected chi connectivity index (χ2v) is 21.1. The average molecular weight is 669 g/mol. The zero-order chi connectivity index (χ0) is 29.8. The van der Waals surface area contributed by atoms with Crippen LogP contribution in [0.3, 0.4) is 0 Å². The minimum atomic E-state index is -2.71. The molecule has 0 spiro atoms. The van der Waals surface area contributed by atoms with Crippen LogP contribution in [0.4, 0.5) is 0 Å². The molecule has 0 unspecified atom stereocenters. The Kier molecular flexibility index (Phi) is 8.02. The van der Waals surface area contributed by atoms with Gasteiger partial charge in [-0.1, -0.05) is 0 Å². The van der Waals surface area contributed by atoms with E-state index in [2.05, 4.69) is 127 Å². The quantitative estimate of drug-likeness (QED) is 0.203. The molecule has 4 aromatic carbocycles. The fourth-order valence-corrected chi connectivity index (χ4v) is 16.0. The van der Waals surface area contributed by atoms with Gasteiger partial charge in [-0.05, 0) is 0 Å². The van der Waals surface area contributed by atoms with Gasteiger partial charge < -0.3 is 0 Å². The van der Waals surface area contributed by atoms with E-state index in [0.29, 0.717) is 7.25 Å². The van der Waals surface area contributed by atoms with Crippen molar-refractivity contribution in [2.75, 3.05) is 0 Å². The van der Waals surface area contributed by atoms with Crippen LogP contribution in [0, 0.1) is 0 Å². The van der Waals surface area contributed by atoms with Gasteiger partial charge in [0.15, 0.2) is 0 Å². The summed E-state index contributed by atoms with van der Waals surface area (Å²) >= 11 is 10.1. The molecule has 0 bridgehead atoms. The van der Waals surface area contributed by atoms with Crippen LogP contribution in [-0.4, -0.2) is 3.21 Å². The van der Waals surface area contributed by atoms with E-state index in [4.69, 9.17) is 23.2 Å². The van der Waals surface area contributed by atoms with E-state index in [9.17, 15) is 0 Å². The predicted molar refractivity (Wildman–Crippen MR) is 179 cm³/mol. The molecule has 212 valence electrons. The van der Waals surface area contributed by atoms with E-state index < -0.39 is 21.3 Å². The van der Waals surface area contributed by atoms with Crippen molar-refractivity contribution >= 4 is 26.4 Å². The molecule has 0 fully saturated rings. The monoisotopic (exact) mass is 666 g/mol. The number of hydrogen-bond acceptors (Lipinski definition) is 0. The first-order chi connectivity index (χ1) is 19.9. The number of halogens is 2. The van der Waals surface area contributed by atoms with Crippen molar-refractivity contribution in [2.45, 2.75) is 59.6 Å². The average Bonchev–Trinajstić information content (AvgIpc) is 3.58. The molecular weight excluding hydrogens is 631 g/mol. The molecule has 0 aliphatic heterocycles. The van der Waals surface area contributed by atoms with E-state index in [1.807, 2.05) is 24.3 Å². The van der Waals surface area contributed by atoms with Gasteiger partial charge in [0, 0.05) is 0 Å². The summed E-state index contributed by atoms with van der Waals surface area (Å²) in [6, 6.07) is 31.7. The van der Waals surface area contributed by atoms with Gasteiger partial charge in [-0.3, -0.25) is 0 Å². The fourth-order valence-electron chi connectivity index (χ4n) is 6.39. The first-order valence-corrected chi connectivity index (χ1v) is 19.6. The van der Waals surface area contributed by atoms with Crippen LogP contribution in [0.2, 0.25) is 13.7 Å². The van der Waals surface area contributed by atoms with Crippen LogP contribution in [0.5, 0.6) is 0 Å². The first-order valence-electron chi connectivity index (χ1n) is 14.8. The number of hydrogen-bond donors (Lipinski definition) is 0. The third kappa shape index (κ3) is 5.66. The summed E-state index contributed by atoms with van der Waals surface area (Å²) in [6.07, 6.45) is 9.39. The molecule has 4 aromatic rings. The SMILES string of the molecule is CC(C)(C)c1ccc2c(c1)-c1cc(C(C)(C)C)ccc1[CH]2[Zr](=[C](c1ccc(Cl)cc1)c1ccc(Cl)cc1)[CH]1C=CC=C1. The van der Waals surface area contributed by atoms with Crippen LogP contribution in [-0.2, 0) is 32.1 Å². The summed E-state index contributed by atoms with van der Waals surface area (Å²) < 4.78 is 2.32. The van der Waals surface area contributed by atoms with Crippen molar-refractivity contribution in [2.24, 2.45) is 0 Å². The molecule has 0 aromatic heterocycles. The Bertz CT molecular complexity index is 1620. The van der Waals surface area contributed by atoms with Gasteiger partial charge in [0.25, 0.3) is 0 Å². The van der Waals surface area contributed by atoms with E-state index in [1.54, 1.807) is 0 Å². The predicted octanol–water partition coefficient (Wildman–Crippen LogP) is 11.5. The summed E-state index contributed by atoms with van der Waals surface area (Å²) in [5, 5.41) is 1.53. The summed E-state index contributed by atoms with van der Waals surface area (Å²) in [7, 11) is 0. The number of rotatable bonds is 4. The van der Waals surface area contributed by atoms with Crippen molar-refractivity contribution in [3.8, 4) is 11.1 Å². The van der Waals surface area contributed by atoms with Gasteiger partial charge in [-0.2, -0.15) is 0 Å². The maximum absolute atomic E-state index is 6.42. The van der Waals surface area contributed by atoms with Gasteiger partial charge in [0.05, 0.1) is 0 Å². The molecule has 0 saturated carbocycles. The summed E-state index contributed by atoms with van der Waals surface area (Å²) in [5.74, 6) is 0. The Morgan fingerprint density at radius 2 is 0.976 bits per heavy atom. The summed E-state index contributed by atoms with van der Waals surface area (Å²) in [6.45, 7) is 13.9. The third-order valence-electron chi connectivity index (χ3n) is 8.72. The van der Waals surface area contributed by atoms with Crippen LogP contribution in [0.25, 0.3) is 11.1 Å². The molecule has 0 atom stereocenters. The van der Waals surface area contributed by atoms with Crippen LogP contribution >= 0.6 is 23.2 Å². The molecule has 0 nitrogen and oxygen atoms in total. The molecule has 42 heavy (non-hydrogen) atoms. The van der Waals surface area contributed by atoms with Crippen molar-refractivity contribution in [3.63, 3.8) is 0 Å². The molecule has 0 amide bonds. The van der Waals surface area contributed by atoms with Crippen LogP contribution < -0.4 is 0 Å². The maximum atomic E-state index is 6.42. The summed E-state index contributed by atoms with van der Waals surface area (Å²) in [5.41, 5.74) is 11.3. The van der Waals surface area contributed by atoms with E-state index in [-0.39, 0.29) is 10.8 Å². The number of benzene rings is 4. The van der Waals surface area contributed by atoms with Crippen molar-refractivity contribution < 1.29 is 21.3 Å². The zero-order valence-electron chi connectivity index (χ0n) is 25.3. The molecule has 6 rings (SSSR count). The van der Waals surface area contributed by atoms with Gasteiger partial charge in [-0.15, -0.1) is 0 Å². The summed E-state index contributed by atoms with van der Waals surface area (Å²) in [4.78, 5) is 0. The third-order valence-corrected chi connectivity index (χ3v) is 17.8. The molecule has 2 aliphatic carbocycles. The van der Waals surface area contributed by atoms with E-state index in [0.717, 1.165) is 10.0 Å². The van der Waals surface area contributed by atoms with Gasteiger partial charge in [0.2, 0.25) is 0 Å². The van der Waals surface area contributed by atoms with Crippen LogP contribution in [0.15, 0.2) is 109 Å². The zero-order valence-corrected chi connectivity index (χ0v) is 29.3. The van der Waals surface area contributed by atoms with Crippen molar-refractivity contribution in [1.82, 2.24) is 0 Å². The van der Waals surface area contributed by atoms with Gasteiger partial charge in [0.1, 0.15) is 0 Å². The normalized spacial score (nSPS) is 14.8. The van der Waals surface area contributed by atoms with Crippen molar-refractivity contribution in [1.29, 1.82) is 0 Å². The van der Waals surface area contributed by atoms with E-state index >= 15 is 0 Å². The standard InChI is InChI=1S/C21H25.C13H8Cl2.C5H5.Zr/c1-20(2,3)16-9-7-14-11-15-8-10-17(21(4,5)6)13-19(15)18(14)12-16;14-12-5-1-10(2-6-12)9-11-3-7-13(15)8-4-11;1-2-4-5-3-1;/h7-13H,1-6H3;1-8H;1-5H;. The Morgan fingerprint density at radius 3 is 1.36 bits per heavy atom. The first kappa shape index (κ1) is 29.8. The van der Waals surface area contributed by atoms with Crippen LogP contribution in [0.1, 0.15) is 78.5 Å². The molecule has 3 heteroatoms. The number of allylic oxidation sites excluding steroid dienone is 4. The van der Waals surface area contributed by atoms with Crippen molar-refractivity contribution in [3.05, 3.63) is 153 Å². The second-order valence-electron chi connectivity index (χ2n) is 13.7. The molecule has 0 N–H and O–H groups in total. The Labute approximate surface area is 269 Å². The molecule has 0 saturated heterocycles. The number of fused-ring (bicyclic) bond motifs is 3. The van der Waals surface area contributed by atoms with E-state index in [1.165, 1.54) is 47.7 Å². The molecule has 0 heterocycles. The molecular formula is C39H38Cl2Zr. The Morgan fingerprint density at radius 1 is 0.571 bits per heavy atom. The Balaban J connectivity index is 1.71. The Hall–Kier alpha value is -2.31. The minimum absolute atomic E-state index is 0.0807. The topological polar surface area (TPSA) is 0 Å². The van der Waals surface area contributed by atoms with Gasteiger partial charge >= 0.3 is 271 Å². The fraction of sp³-hybridized carbons (Fsp3) is 0.256. The second kappa shape index (κ2) is 11.3. The molecule has 0 radical (unpaired) electrons. The molecule has 2 aliphatic rings.